The van der Waals surface area contributed by atoms with E-state index in [2.05, 4.69) is 0 Å². The molecule has 0 atom stereocenters. The molecule has 0 radical (unpaired) electrons. The van der Waals surface area contributed by atoms with E-state index in [4.69, 9.17) is 5.11 Å². The van der Waals surface area contributed by atoms with Crippen molar-refractivity contribution >= 4 is 17.7 Å². The van der Waals surface area contributed by atoms with Gasteiger partial charge in [-0.05, 0) is 26.7 Å². The number of aliphatic carboxylic acids is 1. The summed E-state index contributed by atoms with van der Waals surface area (Å²) in [6.45, 7) is 3.62. The fraction of sp³-hybridized carbons (Fsp3) is 0.909. The van der Waals surface area contributed by atoms with E-state index in [-0.39, 0.29) is 0 Å². The predicted molar refractivity (Wildman–Crippen MR) is 60.8 cm³/mol. The second kappa shape index (κ2) is 5.06. The maximum atomic E-state index is 11.0. The fourth-order valence-corrected chi connectivity index (χ4v) is 3.33. The largest absolute Gasteiger partial charge is 0.480 e. The van der Waals surface area contributed by atoms with Crippen LogP contribution in [0.3, 0.4) is 0 Å². The van der Waals surface area contributed by atoms with Crippen molar-refractivity contribution in [1.29, 1.82) is 0 Å². The smallest absolute Gasteiger partial charge is 0.319 e. The molecule has 0 aromatic carbocycles. The molecule has 0 heterocycles. The van der Waals surface area contributed by atoms with Crippen LogP contribution in [0, 0.1) is 0 Å². The van der Waals surface area contributed by atoms with E-state index in [1.54, 1.807) is 11.8 Å². The third-order valence-corrected chi connectivity index (χ3v) is 4.35. The Bertz CT molecular complexity index is 193. The van der Waals surface area contributed by atoms with E-state index < -0.39 is 10.7 Å². The highest BCUT2D eigenvalue weighted by atomic mass is 32.2. The van der Waals surface area contributed by atoms with Gasteiger partial charge in [-0.3, -0.25) is 4.79 Å². The zero-order valence-electron chi connectivity index (χ0n) is 9.08. The average molecular weight is 216 g/mol. The number of carbonyl (C=O) groups is 1. The molecular weight excluding hydrogens is 196 g/mol. The molecule has 0 unspecified atom stereocenters. The molecule has 1 rings (SSSR count). The Labute approximate surface area is 90.5 Å². The number of carboxylic acid groups (broad SMARTS) is 1. The fourth-order valence-electron chi connectivity index (χ4n) is 1.83. The lowest BCUT2D eigenvalue weighted by Gasteiger charge is -2.24. The van der Waals surface area contributed by atoms with Crippen LogP contribution in [0.25, 0.3) is 0 Å². The SMILES string of the molecule is CC(C)(SC1CCCCCC1)C(=O)O. The molecule has 1 aliphatic rings. The van der Waals surface area contributed by atoms with Gasteiger partial charge in [0, 0.05) is 5.25 Å². The summed E-state index contributed by atoms with van der Waals surface area (Å²) in [7, 11) is 0. The summed E-state index contributed by atoms with van der Waals surface area (Å²) in [6, 6.07) is 0. The van der Waals surface area contributed by atoms with Gasteiger partial charge in [-0.1, -0.05) is 25.7 Å². The quantitative estimate of drug-likeness (QED) is 0.735. The van der Waals surface area contributed by atoms with Crippen molar-refractivity contribution in [1.82, 2.24) is 0 Å². The highest BCUT2D eigenvalue weighted by Gasteiger charge is 2.31. The van der Waals surface area contributed by atoms with Crippen LogP contribution in [-0.4, -0.2) is 21.1 Å². The lowest BCUT2D eigenvalue weighted by atomic mass is 10.2. The van der Waals surface area contributed by atoms with Gasteiger partial charge in [-0.2, -0.15) is 0 Å². The number of rotatable bonds is 3. The van der Waals surface area contributed by atoms with Crippen LogP contribution < -0.4 is 0 Å². The highest BCUT2D eigenvalue weighted by molar-refractivity contribution is 8.01. The van der Waals surface area contributed by atoms with Crippen LogP contribution in [0.5, 0.6) is 0 Å². The van der Waals surface area contributed by atoms with Crippen LogP contribution in [0.15, 0.2) is 0 Å². The third kappa shape index (κ3) is 3.52. The zero-order chi connectivity index (χ0) is 10.6. The Balaban J connectivity index is 2.45. The third-order valence-electron chi connectivity index (χ3n) is 2.78. The summed E-state index contributed by atoms with van der Waals surface area (Å²) in [5.41, 5.74) is 0. The molecule has 14 heavy (non-hydrogen) atoms. The van der Waals surface area contributed by atoms with Crippen LogP contribution in [0.2, 0.25) is 0 Å². The van der Waals surface area contributed by atoms with E-state index >= 15 is 0 Å². The molecule has 0 aromatic heterocycles. The molecule has 1 fully saturated rings. The standard InChI is InChI=1S/C11H20O2S/c1-11(2,10(12)13)14-9-7-5-3-4-6-8-9/h9H,3-8H2,1-2H3,(H,12,13). The lowest BCUT2D eigenvalue weighted by molar-refractivity contribution is -0.138. The minimum absolute atomic E-state index is 0.559. The van der Waals surface area contributed by atoms with Crippen molar-refractivity contribution in [2.75, 3.05) is 0 Å². The summed E-state index contributed by atoms with van der Waals surface area (Å²) < 4.78 is -0.616. The van der Waals surface area contributed by atoms with E-state index in [0.717, 1.165) is 0 Å². The average Bonchev–Trinajstić information content (AvgIpc) is 2.32. The molecule has 0 bridgehead atoms. The molecule has 2 nitrogen and oxygen atoms in total. The summed E-state index contributed by atoms with van der Waals surface area (Å²) in [5, 5.41) is 9.58. The Kier molecular flexibility index (Phi) is 4.30. The first kappa shape index (κ1) is 11.9. The van der Waals surface area contributed by atoms with Gasteiger partial charge in [-0.25, -0.2) is 0 Å². The van der Waals surface area contributed by atoms with Gasteiger partial charge in [0.05, 0.1) is 0 Å². The monoisotopic (exact) mass is 216 g/mol. The van der Waals surface area contributed by atoms with E-state index in [0.29, 0.717) is 5.25 Å². The minimum atomic E-state index is -0.688. The van der Waals surface area contributed by atoms with Gasteiger partial charge in [0.2, 0.25) is 0 Å². The maximum absolute atomic E-state index is 11.0. The molecule has 3 heteroatoms. The second-order valence-electron chi connectivity index (χ2n) is 4.55. The molecule has 0 aliphatic heterocycles. The number of thioether (sulfide) groups is 1. The maximum Gasteiger partial charge on any atom is 0.319 e. The summed E-state index contributed by atoms with van der Waals surface area (Å²) in [4.78, 5) is 11.0. The van der Waals surface area contributed by atoms with Crippen molar-refractivity contribution < 1.29 is 9.90 Å². The van der Waals surface area contributed by atoms with E-state index in [1.165, 1.54) is 38.5 Å². The Hall–Kier alpha value is -0.180. The summed E-state index contributed by atoms with van der Waals surface area (Å²) in [6.07, 6.45) is 7.58. The molecule has 82 valence electrons. The highest BCUT2D eigenvalue weighted by Crippen LogP contribution is 2.36. The van der Waals surface area contributed by atoms with E-state index in [9.17, 15) is 4.79 Å². The molecule has 0 aromatic rings. The van der Waals surface area contributed by atoms with Gasteiger partial charge < -0.3 is 5.11 Å². The van der Waals surface area contributed by atoms with Crippen molar-refractivity contribution in [3.05, 3.63) is 0 Å². The molecule has 1 N–H and O–H groups in total. The van der Waals surface area contributed by atoms with Gasteiger partial charge in [0.15, 0.2) is 0 Å². The van der Waals surface area contributed by atoms with Gasteiger partial charge in [0.25, 0.3) is 0 Å². The Morgan fingerprint density at radius 1 is 1.21 bits per heavy atom. The van der Waals surface area contributed by atoms with Gasteiger partial charge in [-0.15, -0.1) is 11.8 Å². The topological polar surface area (TPSA) is 37.3 Å². The molecular formula is C11H20O2S. The molecule has 1 saturated carbocycles. The summed E-state index contributed by atoms with van der Waals surface area (Å²) >= 11 is 1.64. The van der Waals surface area contributed by atoms with Crippen molar-refractivity contribution in [3.63, 3.8) is 0 Å². The second-order valence-corrected chi connectivity index (χ2v) is 6.47. The van der Waals surface area contributed by atoms with Crippen LogP contribution in [0.4, 0.5) is 0 Å². The van der Waals surface area contributed by atoms with Crippen LogP contribution in [-0.2, 0) is 4.79 Å². The van der Waals surface area contributed by atoms with Gasteiger partial charge >= 0.3 is 5.97 Å². The minimum Gasteiger partial charge on any atom is -0.480 e. The first-order valence-corrected chi connectivity index (χ1v) is 6.31. The van der Waals surface area contributed by atoms with Crippen LogP contribution >= 0.6 is 11.8 Å². The van der Waals surface area contributed by atoms with Crippen LogP contribution in [0.1, 0.15) is 52.4 Å². The van der Waals surface area contributed by atoms with Crippen molar-refractivity contribution in [2.24, 2.45) is 0 Å². The number of carboxylic acids is 1. The van der Waals surface area contributed by atoms with E-state index in [1.807, 2.05) is 13.8 Å². The first-order chi connectivity index (χ1) is 6.52. The molecule has 0 spiro atoms. The Morgan fingerprint density at radius 2 is 1.71 bits per heavy atom. The van der Waals surface area contributed by atoms with Gasteiger partial charge in [0.1, 0.15) is 4.75 Å². The normalized spacial score (nSPS) is 20.4. The molecule has 0 amide bonds. The summed E-state index contributed by atoms with van der Waals surface area (Å²) in [5.74, 6) is -0.688. The predicted octanol–water partition coefficient (Wildman–Crippen LogP) is 3.31. The molecule has 0 saturated heterocycles. The molecule has 1 aliphatic carbocycles. The number of hydrogen-bond donors (Lipinski definition) is 1. The zero-order valence-corrected chi connectivity index (χ0v) is 9.90. The first-order valence-electron chi connectivity index (χ1n) is 5.43. The lowest BCUT2D eigenvalue weighted by Crippen LogP contribution is -2.30. The van der Waals surface area contributed by atoms with Crippen molar-refractivity contribution in [3.8, 4) is 0 Å². The Morgan fingerprint density at radius 3 is 2.14 bits per heavy atom. The number of hydrogen-bond acceptors (Lipinski definition) is 2. The van der Waals surface area contributed by atoms with Crippen molar-refractivity contribution in [2.45, 2.75) is 62.4 Å².